The Hall–Kier alpha value is -1.32. The lowest BCUT2D eigenvalue weighted by Gasteiger charge is -2.08. The molecular formula is C6H8NO3. The zero-order valence-corrected chi connectivity index (χ0v) is 5.41. The van der Waals surface area contributed by atoms with Crippen LogP contribution < -0.4 is 0 Å². The Morgan fingerprint density at radius 3 is 2.70 bits per heavy atom. The van der Waals surface area contributed by atoms with E-state index in [1.165, 1.54) is 12.5 Å². The van der Waals surface area contributed by atoms with E-state index in [1.54, 1.807) is 0 Å². The molecule has 0 unspecified atom stereocenters. The zero-order valence-electron chi connectivity index (χ0n) is 5.41. The summed E-state index contributed by atoms with van der Waals surface area (Å²) in [5.74, 6) is -1.05. The molecule has 0 saturated carbocycles. The van der Waals surface area contributed by atoms with Gasteiger partial charge in [0.15, 0.2) is 0 Å². The van der Waals surface area contributed by atoms with Crippen LogP contribution in [0.2, 0.25) is 0 Å². The zero-order chi connectivity index (χ0) is 7.98. The first-order valence-electron chi connectivity index (χ1n) is 2.66. The van der Waals surface area contributed by atoms with Crippen molar-refractivity contribution >= 4 is 12.4 Å². The van der Waals surface area contributed by atoms with Gasteiger partial charge >= 0.3 is 12.4 Å². The highest BCUT2D eigenvalue weighted by Gasteiger charge is 2.04. The van der Waals surface area contributed by atoms with Gasteiger partial charge in [0.25, 0.3) is 0 Å². The summed E-state index contributed by atoms with van der Waals surface area (Å²) in [6, 6.07) is 0. The normalized spacial score (nSPS) is 8.40. The van der Waals surface area contributed by atoms with Crippen LogP contribution >= 0.6 is 0 Å². The van der Waals surface area contributed by atoms with Gasteiger partial charge < -0.3 is 10.0 Å². The smallest absolute Gasteiger partial charge is 0.323 e. The van der Waals surface area contributed by atoms with Crippen molar-refractivity contribution in [3.8, 4) is 0 Å². The van der Waals surface area contributed by atoms with Crippen molar-refractivity contribution in [1.29, 1.82) is 0 Å². The monoisotopic (exact) mass is 142 g/mol. The number of aliphatic carboxylic acids is 1. The van der Waals surface area contributed by atoms with Gasteiger partial charge in [0.1, 0.15) is 6.54 Å². The van der Waals surface area contributed by atoms with Crippen LogP contribution in [-0.4, -0.2) is 35.5 Å². The van der Waals surface area contributed by atoms with E-state index in [-0.39, 0.29) is 13.1 Å². The number of carbonyl (C=O) groups excluding carboxylic acids is 1. The number of rotatable bonds is 5. The molecule has 0 aliphatic heterocycles. The Morgan fingerprint density at radius 2 is 2.40 bits per heavy atom. The minimum absolute atomic E-state index is 0.218. The molecule has 1 N–H and O–H groups in total. The van der Waals surface area contributed by atoms with E-state index in [0.29, 0.717) is 0 Å². The molecule has 0 bridgehead atoms. The molecule has 4 heteroatoms. The molecular weight excluding hydrogens is 134 g/mol. The number of nitrogens with zero attached hydrogens (tertiary/aromatic N) is 1. The summed E-state index contributed by atoms with van der Waals surface area (Å²) in [5, 5.41) is 8.19. The van der Waals surface area contributed by atoms with Crippen LogP contribution in [0, 0.1) is 0 Å². The third-order valence-corrected chi connectivity index (χ3v) is 0.805. The van der Waals surface area contributed by atoms with Gasteiger partial charge in [0.2, 0.25) is 0 Å². The summed E-state index contributed by atoms with van der Waals surface area (Å²) in [4.78, 5) is 20.9. The molecule has 0 rings (SSSR count). The Kier molecular flexibility index (Phi) is 3.95. The van der Waals surface area contributed by atoms with Crippen LogP contribution in [0.15, 0.2) is 12.7 Å². The maximum Gasteiger partial charge on any atom is 0.323 e. The molecule has 55 valence electrons. The maximum atomic E-state index is 9.99. The topological polar surface area (TPSA) is 57.6 Å². The fourth-order valence-corrected chi connectivity index (χ4v) is 0.453. The minimum atomic E-state index is -1.05. The van der Waals surface area contributed by atoms with Crippen molar-refractivity contribution < 1.29 is 14.7 Å². The van der Waals surface area contributed by atoms with E-state index in [0.717, 1.165) is 4.90 Å². The van der Waals surface area contributed by atoms with Crippen LogP contribution in [0.1, 0.15) is 0 Å². The second-order valence-electron chi connectivity index (χ2n) is 1.65. The van der Waals surface area contributed by atoms with Gasteiger partial charge in [-0.2, -0.15) is 0 Å². The molecule has 1 radical (unpaired) electrons. The Balaban J connectivity index is 3.70. The first-order chi connectivity index (χ1) is 4.70. The number of carboxylic acids is 1. The van der Waals surface area contributed by atoms with Crippen LogP contribution in [0.25, 0.3) is 0 Å². The number of carboxylic acid groups (broad SMARTS) is 1. The average Bonchev–Trinajstić information content (AvgIpc) is 1.86. The Morgan fingerprint density at radius 1 is 1.80 bits per heavy atom. The third-order valence-electron chi connectivity index (χ3n) is 0.805. The van der Waals surface area contributed by atoms with E-state index in [9.17, 15) is 9.59 Å². The largest absolute Gasteiger partial charge is 0.480 e. The summed E-state index contributed by atoms with van der Waals surface area (Å²) in [5.41, 5.74) is 0. The van der Waals surface area contributed by atoms with Gasteiger partial charge in [-0.3, -0.25) is 9.59 Å². The summed E-state index contributed by atoms with van der Waals surface area (Å²) in [6.45, 7) is 3.24. The van der Waals surface area contributed by atoms with Gasteiger partial charge in [0.05, 0.1) is 0 Å². The molecule has 0 atom stereocenters. The molecule has 0 aromatic rings. The lowest BCUT2D eigenvalue weighted by atomic mass is 10.5. The molecule has 4 nitrogen and oxygen atoms in total. The second kappa shape index (κ2) is 4.55. The number of carbonyl (C=O) groups is 1. The minimum Gasteiger partial charge on any atom is -0.480 e. The van der Waals surface area contributed by atoms with Gasteiger partial charge in [0, 0.05) is 6.54 Å². The van der Waals surface area contributed by atoms with E-state index >= 15 is 0 Å². The molecule has 0 heterocycles. The molecule has 0 spiro atoms. The van der Waals surface area contributed by atoms with E-state index in [4.69, 9.17) is 5.11 Å². The third kappa shape index (κ3) is 3.65. The average molecular weight is 142 g/mol. The number of hydrogen-bond acceptors (Lipinski definition) is 2. The van der Waals surface area contributed by atoms with E-state index in [1.807, 2.05) is 0 Å². The fourth-order valence-electron chi connectivity index (χ4n) is 0.453. The number of hydrogen-bond donors (Lipinski definition) is 1. The SMILES string of the molecule is C=CCN([C]=O)CC(=O)O. The van der Waals surface area contributed by atoms with Crippen molar-refractivity contribution in [3.63, 3.8) is 0 Å². The van der Waals surface area contributed by atoms with E-state index < -0.39 is 5.97 Å². The Bertz CT molecular complexity index is 144. The van der Waals surface area contributed by atoms with Gasteiger partial charge in [-0.25, -0.2) is 0 Å². The van der Waals surface area contributed by atoms with Crippen molar-refractivity contribution in [2.45, 2.75) is 0 Å². The molecule has 1 amide bonds. The number of amides is 1. The second-order valence-corrected chi connectivity index (χ2v) is 1.65. The first-order valence-corrected chi connectivity index (χ1v) is 2.66. The van der Waals surface area contributed by atoms with Gasteiger partial charge in [-0.1, -0.05) is 6.08 Å². The van der Waals surface area contributed by atoms with Gasteiger partial charge in [-0.05, 0) is 0 Å². The molecule has 0 aliphatic carbocycles. The van der Waals surface area contributed by atoms with Crippen LogP contribution in [-0.2, 0) is 9.59 Å². The highest BCUT2D eigenvalue weighted by atomic mass is 16.4. The summed E-state index contributed by atoms with van der Waals surface area (Å²) in [6.07, 6.45) is 2.90. The Labute approximate surface area is 58.8 Å². The van der Waals surface area contributed by atoms with Crippen molar-refractivity contribution in [2.75, 3.05) is 13.1 Å². The summed E-state index contributed by atoms with van der Waals surface area (Å²) >= 11 is 0. The lowest BCUT2D eigenvalue weighted by Crippen LogP contribution is -2.28. The first kappa shape index (κ1) is 8.68. The van der Waals surface area contributed by atoms with Gasteiger partial charge in [-0.15, -0.1) is 6.58 Å². The van der Waals surface area contributed by atoms with Crippen LogP contribution in [0.5, 0.6) is 0 Å². The molecule has 0 aromatic carbocycles. The molecule has 0 saturated heterocycles. The summed E-state index contributed by atoms with van der Waals surface area (Å²) in [7, 11) is 0. The highest BCUT2D eigenvalue weighted by molar-refractivity contribution is 5.72. The molecule has 0 aliphatic rings. The van der Waals surface area contributed by atoms with Crippen molar-refractivity contribution in [1.82, 2.24) is 4.90 Å². The predicted octanol–water partition coefficient (Wildman–Crippen LogP) is -0.374. The van der Waals surface area contributed by atoms with E-state index in [2.05, 4.69) is 6.58 Å². The molecule has 0 fully saturated rings. The lowest BCUT2D eigenvalue weighted by molar-refractivity contribution is -0.137. The highest BCUT2D eigenvalue weighted by Crippen LogP contribution is 1.81. The quantitative estimate of drug-likeness (QED) is 0.420. The predicted molar refractivity (Wildman–Crippen MR) is 35.1 cm³/mol. The van der Waals surface area contributed by atoms with Crippen molar-refractivity contribution in [3.05, 3.63) is 12.7 Å². The maximum absolute atomic E-state index is 9.99. The van der Waals surface area contributed by atoms with Crippen molar-refractivity contribution in [2.24, 2.45) is 0 Å². The summed E-state index contributed by atoms with van der Waals surface area (Å²) < 4.78 is 0. The van der Waals surface area contributed by atoms with Crippen LogP contribution in [0.3, 0.4) is 0 Å². The molecule has 10 heavy (non-hydrogen) atoms. The fraction of sp³-hybridized carbons (Fsp3) is 0.333. The van der Waals surface area contributed by atoms with Crippen LogP contribution in [0.4, 0.5) is 0 Å². The standard InChI is InChI=1S/C6H8NO3/c1-2-3-7(5-8)4-6(9)10/h2H,1,3-4H2,(H,9,10). The molecule has 0 aromatic heterocycles.